The fourth-order valence-corrected chi connectivity index (χ4v) is 6.77. The van der Waals surface area contributed by atoms with Gasteiger partial charge in [0.1, 0.15) is 0 Å². The van der Waals surface area contributed by atoms with Gasteiger partial charge in [0.05, 0.1) is 35.5 Å². The summed E-state index contributed by atoms with van der Waals surface area (Å²) < 4.78 is 5.07. The molecule has 2 aromatic rings. The molecule has 5 heterocycles. The number of carbonyl (C=O) groups is 2. The second-order valence-corrected chi connectivity index (χ2v) is 11.6. The van der Waals surface area contributed by atoms with Crippen molar-refractivity contribution in [1.29, 1.82) is 0 Å². The molecule has 9 nitrogen and oxygen atoms in total. The van der Waals surface area contributed by atoms with Gasteiger partial charge >= 0.3 is 29.0 Å². The second kappa shape index (κ2) is 12.0. The molecule has 0 N–H and O–H groups in total. The van der Waals surface area contributed by atoms with Crippen molar-refractivity contribution < 1.29 is 24.5 Å². The summed E-state index contributed by atoms with van der Waals surface area (Å²) in [6.07, 6.45) is 3.79. The monoisotopic (exact) mass is 612 g/mol. The number of carboxylic acids is 1. The molecule has 3 aliphatic heterocycles. The van der Waals surface area contributed by atoms with E-state index in [-0.39, 0.29) is 53.3 Å². The summed E-state index contributed by atoms with van der Waals surface area (Å²) in [5, 5.41) is 25.5. The van der Waals surface area contributed by atoms with Gasteiger partial charge in [-0.2, -0.15) is 5.69 Å². The Morgan fingerprint density at radius 3 is 2.44 bits per heavy atom. The van der Waals surface area contributed by atoms with Crippen LogP contribution < -0.4 is 20.2 Å². The van der Waals surface area contributed by atoms with E-state index in [0.717, 1.165) is 33.8 Å². The standard InChI is InChI=1S/C35H36N4O5.Mg/c1-8-19-15(3)22-12-24-17(5)21(10-11-28(40)41)32(38-24)30-31(35(43)44-7)34(42)29-18(6)25(39-33(29)30)14-27-20(9-2)16(4)23(37-27)13-26(19)36-22;/h8-9,12-14,16-17,21H,1,10-11H2,2-7H3,(H4,36,37,38,39,40,41,42,43);/q;+2/p-4/b20-9-;/t16-,17+,21+;/m1./s1. The molecule has 10 heteroatoms. The Labute approximate surface area is 277 Å². The third-order valence-electron chi connectivity index (χ3n) is 9.26. The Morgan fingerprint density at radius 1 is 1.07 bits per heavy atom. The van der Waals surface area contributed by atoms with E-state index in [2.05, 4.69) is 13.5 Å². The van der Waals surface area contributed by atoms with Crippen molar-refractivity contribution in [1.82, 2.24) is 19.9 Å². The largest absolute Gasteiger partial charge is 2.00 e. The first kappa shape index (κ1) is 32.2. The van der Waals surface area contributed by atoms with Crippen LogP contribution in [0.3, 0.4) is 0 Å². The van der Waals surface area contributed by atoms with Crippen LogP contribution in [0.15, 0.2) is 36.9 Å². The van der Waals surface area contributed by atoms with E-state index < -0.39 is 23.6 Å². The molecule has 45 heavy (non-hydrogen) atoms. The number of fused-ring (bicyclic) bond motifs is 8. The fraction of sp³-hybridized carbons (Fsp3) is 0.314. The van der Waals surface area contributed by atoms with E-state index in [1.54, 1.807) is 13.0 Å². The molecule has 0 aromatic carbocycles. The van der Waals surface area contributed by atoms with E-state index in [1.807, 2.05) is 45.0 Å². The zero-order chi connectivity index (χ0) is 31.6. The van der Waals surface area contributed by atoms with Gasteiger partial charge in [0, 0.05) is 17.5 Å². The Hall–Kier alpha value is -4.15. The molecule has 3 atom stereocenters. The fourth-order valence-electron chi connectivity index (χ4n) is 6.77. The van der Waals surface area contributed by atoms with Crippen LogP contribution in [0.1, 0.15) is 109 Å². The van der Waals surface area contributed by atoms with Crippen LogP contribution in [0, 0.1) is 6.92 Å². The van der Waals surface area contributed by atoms with Crippen LogP contribution in [-0.4, -0.2) is 52.1 Å². The second-order valence-electron chi connectivity index (χ2n) is 11.6. The van der Waals surface area contributed by atoms with Gasteiger partial charge in [-0.3, -0.25) is 4.98 Å². The molecular formula is C35H32MgN4O5-2. The molecule has 0 fully saturated rings. The minimum atomic E-state index is -1.19. The number of allylic oxidation sites excluding steroid dienone is 5. The summed E-state index contributed by atoms with van der Waals surface area (Å²) in [6.45, 7) is 13.8. The van der Waals surface area contributed by atoms with Gasteiger partial charge in [0.25, 0.3) is 0 Å². The van der Waals surface area contributed by atoms with Crippen LogP contribution in [0.4, 0.5) is 0 Å². The van der Waals surface area contributed by atoms with Gasteiger partial charge in [-0.05, 0) is 73.8 Å². The van der Waals surface area contributed by atoms with Crippen molar-refractivity contribution >= 4 is 74.1 Å². The maximum atomic E-state index is 13.9. The van der Waals surface area contributed by atoms with Crippen molar-refractivity contribution in [3.05, 3.63) is 87.8 Å². The van der Waals surface area contributed by atoms with Gasteiger partial charge in [-0.1, -0.05) is 56.0 Å². The van der Waals surface area contributed by atoms with Gasteiger partial charge in [0.15, 0.2) is 0 Å². The quantitative estimate of drug-likeness (QED) is 0.365. The number of carbonyl (C=O) groups excluding carboxylic acids is 2. The number of hydrogen-bond acceptors (Lipinski definition) is 7. The van der Waals surface area contributed by atoms with Crippen LogP contribution >= 0.6 is 0 Å². The number of nitrogens with zero attached hydrogens (tertiary/aromatic N) is 4. The number of carboxylic acid groups (broad SMARTS) is 1. The molecule has 6 rings (SSSR count). The first-order valence-electron chi connectivity index (χ1n) is 14.7. The maximum absolute atomic E-state index is 13.9. The third-order valence-corrected chi connectivity index (χ3v) is 9.26. The van der Waals surface area contributed by atoms with Crippen molar-refractivity contribution in [2.45, 2.75) is 65.2 Å². The Morgan fingerprint density at radius 2 is 1.80 bits per heavy atom. The summed E-state index contributed by atoms with van der Waals surface area (Å²) in [5.74, 6) is -3.15. The first-order valence-corrected chi connectivity index (χ1v) is 14.7. The summed E-state index contributed by atoms with van der Waals surface area (Å²) in [5.41, 5.74) is 8.93. The molecule has 0 amide bonds. The number of esters is 1. The average Bonchev–Trinajstić information content (AvgIpc) is 3.72. The van der Waals surface area contributed by atoms with E-state index in [0.29, 0.717) is 44.8 Å². The van der Waals surface area contributed by atoms with Gasteiger partial charge in [0.2, 0.25) is 0 Å². The predicted octanol–water partition coefficient (Wildman–Crippen LogP) is 3.68. The number of aromatic nitrogens is 4. The van der Waals surface area contributed by atoms with E-state index in [9.17, 15) is 19.8 Å². The topological polar surface area (TPSA) is 143 Å². The number of aliphatic carboxylic acids is 1. The van der Waals surface area contributed by atoms with Crippen LogP contribution in [0.5, 0.6) is 0 Å². The SMILES string of the molecule is C=CC1=C(C)c2cc3[n-]c(c4c5[n-]c(cc6nc(cc1n2)[C@H](C)/C6=C/C)c(C)c5C([O-])=C4C(=O)OC)[C@@H](CCC(=O)[O-])[C@@H]3C.[Mg+2]. The van der Waals surface area contributed by atoms with Crippen molar-refractivity contribution in [3.8, 4) is 0 Å². The van der Waals surface area contributed by atoms with Crippen molar-refractivity contribution in [3.63, 3.8) is 0 Å². The van der Waals surface area contributed by atoms with Crippen LogP contribution in [0.2, 0.25) is 0 Å². The molecule has 0 radical (unpaired) electrons. The molecule has 4 aliphatic rings. The molecule has 0 saturated carbocycles. The average molecular weight is 613 g/mol. The van der Waals surface area contributed by atoms with Crippen molar-refractivity contribution in [2.24, 2.45) is 0 Å². The molecular weight excluding hydrogens is 581 g/mol. The minimum absolute atomic E-state index is 0. The molecule has 1 aliphatic carbocycles. The summed E-state index contributed by atoms with van der Waals surface area (Å²) in [4.78, 5) is 44.6. The minimum Gasteiger partial charge on any atom is -0.871 e. The van der Waals surface area contributed by atoms with Crippen LogP contribution in [-0.2, 0) is 14.3 Å². The first-order chi connectivity index (χ1) is 21.0. The number of methoxy groups -OCH3 is 1. The van der Waals surface area contributed by atoms with Gasteiger partial charge in [-0.25, -0.2) is 9.78 Å². The number of ether oxygens (including phenoxy) is 1. The Kier molecular flexibility index (Phi) is 8.58. The van der Waals surface area contributed by atoms with Gasteiger partial charge in [-0.15, -0.1) is 16.7 Å². The Bertz CT molecular complexity index is 1960. The smallest absolute Gasteiger partial charge is 0.871 e. The zero-order valence-electron chi connectivity index (χ0n) is 26.3. The van der Waals surface area contributed by atoms with E-state index >= 15 is 0 Å². The van der Waals surface area contributed by atoms with E-state index in [1.165, 1.54) is 7.11 Å². The summed E-state index contributed by atoms with van der Waals surface area (Å²) in [7, 11) is 1.22. The van der Waals surface area contributed by atoms with Gasteiger partial charge < -0.3 is 29.7 Å². The molecule has 226 valence electrons. The normalized spacial score (nSPS) is 20.3. The molecule has 8 bridgehead atoms. The third kappa shape index (κ3) is 5.00. The number of rotatable bonds is 5. The summed E-state index contributed by atoms with van der Waals surface area (Å²) in [6, 6.07) is 5.75. The Balaban J connectivity index is 0.00000400. The molecule has 2 aromatic heterocycles. The number of hydrogen-bond donors (Lipinski definition) is 0. The van der Waals surface area contributed by atoms with E-state index in [4.69, 9.17) is 24.7 Å². The molecule has 0 spiro atoms. The summed E-state index contributed by atoms with van der Waals surface area (Å²) >= 11 is 0. The number of aryl methyl sites for hydroxylation is 1. The van der Waals surface area contributed by atoms with Crippen LogP contribution in [0.25, 0.3) is 39.1 Å². The molecule has 0 unspecified atom stereocenters. The maximum Gasteiger partial charge on any atom is 2.00 e. The predicted molar refractivity (Wildman–Crippen MR) is 170 cm³/mol. The molecule has 0 saturated heterocycles. The zero-order valence-corrected chi connectivity index (χ0v) is 27.7. The van der Waals surface area contributed by atoms with Crippen molar-refractivity contribution in [2.75, 3.05) is 7.11 Å².